The maximum Gasteiger partial charge on any atom is 0.265 e. The number of ether oxygens (including phenoxy) is 2. The van der Waals surface area contributed by atoms with Gasteiger partial charge < -0.3 is 14.0 Å². The molecule has 2 heterocycles. The van der Waals surface area contributed by atoms with Crippen LogP contribution in [0.15, 0.2) is 65.2 Å². The molecule has 11 heteroatoms. The number of aromatic nitrogens is 1. The normalized spacial score (nSPS) is 25.2. The molecule has 4 aliphatic rings. The predicted octanol–water partition coefficient (Wildman–Crippen LogP) is 7.16. The smallest absolute Gasteiger partial charge is 0.265 e. The zero-order chi connectivity index (χ0) is 37.0. The summed E-state index contributed by atoms with van der Waals surface area (Å²) in [6.45, 7) is 3.34. The molecular weight excluding hydrogens is 680 g/mol. The Hall–Kier alpha value is -4.74. The Morgan fingerprint density at radius 2 is 1.55 bits per heavy atom. The summed E-state index contributed by atoms with van der Waals surface area (Å²) in [6.07, 6.45) is 2.28. The maximum atomic E-state index is 16.7. The second kappa shape index (κ2) is 13.9. The van der Waals surface area contributed by atoms with Crippen LogP contribution < -0.4 is 9.47 Å². The second-order valence-corrected chi connectivity index (χ2v) is 15.1. The molecule has 1 saturated heterocycles. The van der Waals surface area contributed by atoms with Gasteiger partial charge in [-0.2, -0.15) is 0 Å². The van der Waals surface area contributed by atoms with E-state index in [1.165, 1.54) is 0 Å². The number of hydrogen-bond acceptors (Lipinski definition) is 9. The summed E-state index contributed by atoms with van der Waals surface area (Å²) in [7, 11) is 3.69. The van der Waals surface area contributed by atoms with Gasteiger partial charge in [-0.05, 0) is 81.5 Å². The topological polar surface area (TPSA) is 102 Å². The van der Waals surface area contributed by atoms with Gasteiger partial charge in [0.25, 0.3) is 5.88 Å². The molecule has 9 nitrogen and oxygen atoms in total. The number of carbonyl (C=O) groups is 3. The molecule has 1 saturated carbocycles. The lowest BCUT2D eigenvalue weighted by Gasteiger charge is -2.53. The molecule has 5 atom stereocenters. The van der Waals surface area contributed by atoms with Gasteiger partial charge in [0, 0.05) is 23.6 Å². The molecule has 276 valence electrons. The van der Waals surface area contributed by atoms with Crippen molar-refractivity contribution in [1.82, 2.24) is 15.0 Å². The van der Waals surface area contributed by atoms with Crippen LogP contribution in [0.25, 0.3) is 0 Å². The van der Waals surface area contributed by atoms with E-state index in [0.29, 0.717) is 5.76 Å². The van der Waals surface area contributed by atoms with Gasteiger partial charge in [0.2, 0.25) is 0 Å². The molecule has 0 bridgehead atoms. The summed E-state index contributed by atoms with van der Waals surface area (Å²) >= 11 is 0. The first-order valence-electron chi connectivity index (χ1n) is 18.5. The van der Waals surface area contributed by atoms with Gasteiger partial charge in [-0.15, -0.1) is 0 Å². The van der Waals surface area contributed by atoms with Crippen LogP contribution in [0.3, 0.4) is 0 Å². The number of Topliss-reactive ketones (excluding diaryl/α,β-unsaturated/α-hetero) is 3. The van der Waals surface area contributed by atoms with Gasteiger partial charge in [-0.1, -0.05) is 67.6 Å². The van der Waals surface area contributed by atoms with E-state index >= 15 is 13.6 Å². The molecule has 3 aromatic carbocycles. The van der Waals surface area contributed by atoms with Crippen LogP contribution in [0.2, 0.25) is 0 Å². The fourth-order valence-corrected chi connectivity index (χ4v) is 9.48. The molecule has 1 aromatic heterocycles. The number of benzene rings is 3. The summed E-state index contributed by atoms with van der Waals surface area (Å²) in [5.41, 5.74) is -0.202. The minimum Gasteiger partial charge on any atom is -0.485 e. The van der Waals surface area contributed by atoms with Gasteiger partial charge in [0.05, 0.1) is 22.9 Å². The van der Waals surface area contributed by atoms with Crippen molar-refractivity contribution in [3.63, 3.8) is 0 Å². The van der Waals surface area contributed by atoms with Gasteiger partial charge >= 0.3 is 0 Å². The van der Waals surface area contributed by atoms with E-state index in [2.05, 4.69) is 5.16 Å². The van der Waals surface area contributed by atoms with Crippen molar-refractivity contribution in [3.8, 4) is 11.6 Å². The van der Waals surface area contributed by atoms with E-state index in [-0.39, 0.29) is 72.9 Å². The minimum atomic E-state index is -1.62. The fraction of sp³-hybridized carbons (Fsp3) is 0.429. The molecule has 5 unspecified atom stereocenters. The van der Waals surface area contributed by atoms with Gasteiger partial charge in [-0.25, -0.2) is 8.78 Å². The second-order valence-electron chi connectivity index (χ2n) is 15.1. The van der Waals surface area contributed by atoms with Crippen molar-refractivity contribution in [1.29, 1.82) is 0 Å². The predicted molar refractivity (Wildman–Crippen MR) is 191 cm³/mol. The molecule has 2 fully saturated rings. The largest absolute Gasteiger partial charge is 0.485 e. The van der Waals surface area contributed by atoms with Crippen molar-refractivity contribution in [2.24, 2.45) is 23.2 Å². The number of rotatable bonds is 10. The van der Waals surface area contributed by atoms with Crippen LogP contribution in [0.1, 0.15) is 87.4 Å². The van der Waals surface area contributed by atoms with Crippen molar-refractivity contribution < 1.29 is 37.2 Å². The van der Waals surface area contributed by atoms with E-state index in [9.17, 15) is 9.59 Å². The van der Waals surface area contributed by atoms with Crippen LogP contribution >= 0.6 is 0 Å². The standard InChI is InChI=1S/C42H43F2N3O6/c1-4-42-29(35(46(2)3)38-32(40(42)50)41(45-53-38)52-23-25-15-9-6-10-16-25)20-26-19-27-31(36(48)30(26)39(42)49)37(51-22-24-13-7-5-8-14-24)34(44)28(33(27)43)21-47-17-11-12-18-47/h5-10,13-16,26,29-30,35H,4,11-12,17-23H2,1-3H3. The number of halogens is 2. The van der Waals surface area contributed by atoms with E-state index in [0.717, 1.165) is 37.1 Å². The van der Waals surface area contributed by atoms with Crippen molar-refractivity contribution in [3.05, 3.63) is 111 Å². The first kappa shape index (κ1) is 35.3. The Balaban J connectivity index is 1.21. The molecule has 0 amide bonds. The van der Waals surface area contributed by atoms with Crippen LogP contribution in [0, 0.1) is 34.8 Å². The Morgan fingerprint density at radius 1 is 0.906 bits per heavy atom. The summed E-state index contributed by atoms with van der Waals surface area (Å²) in [4.78, 5) is 48.7. The number of hydrogen-bond donors (Lipinski definition) is 0. The molecular formula is C42H43F2N3O6. The zero-order valence-corrected chi connectivity index (χ0v) is 30.2. The quantitative estimate of drug-likeness (QED) is 0.158. The Labute approximate surface area is 307 Å². The first-order valence-corrected chi connectivity index (χ1v) is 18.5. The highest BCUT2D eigenvalue weighted by Gasteiger charge is 2.67. The Kier molecular flexibility index (Phi) is 9.27. The summed E-state index contributed by atoms with van der Waals surface area (Å²) in [5.74, 6) is -5.95. The maximum absolute atomic E-state index is 16.7. The number of likely N-dealkylation sites (tertiary alicyclic amines) is 1. The third-order valence-corrected chi connectivity index (χ3v) is 12.0. The summed E-state index contributed by atoms with van der Waals surface area (Å²) < 4.78 is 51.4. The molecule has 0 spiro atoms. The molecule has 0 N–H and O–H groups in total. The number of ketones is 3. The third-order valence-electron chi connectivity index (χ3n) is 12.0. The lowest BCUT2D eigenvalue weighted by Crippen LogP contribution is -2.61. The third kappa shape index (κ3) is 5.71. The van der Waals surface area contributed by atoms with E-state index < -0.39 is 58.2 Å². The Morgan fingerprint density at radius 3 is 2.17 bits per heavy atom. The van der Waals surface area contributed by atoms with Crippen LogP contribution in [-0.2, 0) is 31.0 Å². The molecule has 0 radical (unpaired) electrons. The molecule has 1 aliphatic heterocycles. The highest BCUT2D eigenvalue weighted by molar-refractivity contribution is 6.24. The molecule has 8 rings (SSSR count). The van der Waals surface area contributed by atoms with E-state index in [1.807, 2.05) is 84.6 Å². The highest BCUT2D eigenvalue weighted by Crippen LogP contribution is 2.60. The van der Waals surface area contributed by atoms with E-state index in [4.69, 9.17) is 14.0 Å². The number of fused-ring (bicyclic) bond motifs is 4. The lowest BCUT2D eigenvalue weighted by atomic mass is 9.48. The molecule has 3 aliphatic carbocycles. The minimum absolute atomic E-state index is 0.00603. The number of carbonyl (C=O) groups excluding carboxylic acids is 3. The lowest BCUT2D eigenvalue weighted by molar-refractivity contribution is -0.142. The van der Waals surface area contributed by atoms with Crippen molar-refractivity contribution in [2.45, 2.75) is 64.8 Å². The Bertz CT molecular complexity index is 2060. The summed E-state index contributed by atoms with van der Waals surface area (Å²) in [6, 6.07) is 18.0. The fourth-order valence-electron chi connectivity index (χ4n) is 9.48. The van der Waals surface area contributed by atoms with E-state index in [1.54, 1.807) is 6.92 Å². The van der Waals surface area contributed by atoms with Crippen LogP contribution in [0.4, 0.5) is 8.78 Å². The molecule has 4 aromatic rings. The summed E-state index contributed by atoms with van der Waals surface area (Å²) in [5, 5.41) is 4.18. The average molecular weight is 724 g/mol. The molecule has 53 heavy (non-hydrogen) atoms. The number of nitrogens with zero attached hydrogens (tertiary/aromatic N) is 3. The first-order chi connectivity index (χ1) is 25.6. The monoisotopic (exact) mass is 723 g/mol. The van der Waals surface area contributed by atoms with Gasteiger partial charge in [-0.3, -0.25) is 24.2 Å². The SMILES string of the molecule is CCC12C(=O)c3c(OCc4ccccc4)noc3C(N(C)C)C1CC1Cc3c(F)c(CN4CCCC4)c(F)c(OCc4ccccc4)c3C(=O)C1C2=O. The van der Waals surface area contributed by atoms with Crippen LogP contribution in [-0.4, -0.2) is 59.5 Å². The van der Waals surface area contributed by atoms with Crippen LogP contribution in [0.5, 0.6) is 11.6 Å². The van der Waals surface area contributed by atoms with Crippen molar-refractivity contribution >= 4 is 17.3 Å². The van der Waals surface area contributed by atoms with Gasteiger partial charge in [0.15, 0.2) is 34.7 Å². The zero-order valence-electron chi connectivity index (χ0n) is 30.2. The van der Waals surface area contributed by atoms with Gasteiger partial charge in [0.1, 0.15) is 24.6 Å². The average Bonchev–Trinajstić information content (AvgIpc) is 3.84. The van der Waals surface area contributed by atoms with Crippen molar-refractivity contribution in [2.75, 3.05) is 27.2 Å². The highest BCUT2D eigenvalue weighted by atomic mass is 19.1.